The van der Waals surface area contributed by atoms with Gasteiger partial charge in [0.2, 0.25) is 23.7 Å². The van der Waals surface area contributed by atoms with Crippen LogP contribution in [-0.4, -0.2) is 125 Å². The van der Waals surface area contributed by atoms with Crippen molar-refractivity contribution in [2.75, 3.05) is 96.8 Å². The highest BCUT2D eigenvalue weighted by Crippen LogP contribution is 2.33. The summed E-state index contributed by atoms with van der Waals surface area (Å²) in [6.07, 6.45) is 6.18. The van der Waals surface area contributed by atoms with E-state index in [0.717, 1.165) is 118 Å². The molecular formula is C57H69ClN12O6. The molecule has 0 radical (unpaired) electrons. The summed E-state index contributed by atoms with van der Waals surface area (Å²) in [7, 11) is 0. The molecule has 2 unspecified atom stereocenters. The van der Waals surface area contributed by atoms with Gasteiger partial charge in [-0.1, -0.05) is 24.3 Å². The monoisotopic (exact) mass is 1050 g/mol. The molecule has 76 heavy (non-hydrogen) atoms. The lowest BCUT2D eigenvalue weighted by Gasteiger charge is -2.35. The number of carbonyl (C=O) groups excluding carboxylic acids is 3. The third-order valence-electron chi connectivity index (χ3n) is 13.8. The second-order valence-electron chi connectivity index (χ2n) is 20.5. The topological polar surface area (TPSA) is 200 Å². The third-order valence-corrected chi connectivity index (χ3v) is 13.8. The zero-order valence-corrected chi connectivity index (χ0v) is 44.8. The average molecular weight is 1050 g/mol. The lowest BCUT2D eigenvalue weighted by molar-refractivity contribution is -0.125. The van der Waals surface area contributed by atoms with E-state index in [1.54, 1.807) is 19.3 Å². The van der Waals surface area contributed by atoms with Gasteiger partial charge in [-0.15, -0.1) is 12.4 Å². The molecule has 6 aromatic rings. The van der Waals surface area contributed by atoms with E-state index in [2.05, 4.69) is 80.6 Å². The minimum atomic E-state index is -0.978. The van der Waals surface area contributed by atoms with Gasteiger partial charge in [0, 0.05) is 90.4 Å². The summed E-state index contributed by atoms with van der Waals surface area (Å²) in [4.78, 5) is 62.9. The van der Waals surface area contributed by atoms with Crippen molar-refractivity contribution in [1.29, 1.82) is 0 Å². The number of benzene rings is 4. The molecule has 10 rings (SSSR count). The maximum atomic E-state index is 13.3. The molecule has 5 N–H and O–H groups in total. The molecule has 4 saturated heterocycles. The van der Waals surface area contributed by atoms with Crippen LogP contribution in [0.15, 0.2) is 122 Å². The Labute approximate surface area is 451 Å². The van der Waals surface area contributed by atoms with Crippen LogP contribution < -0.4 is 36.4 Å². The van der Waals surface area contributed by atoms with E-state index in [1.165, 1.54) is 16.3 Å². The molecule has 0 spiro atoms. The Hall–Kier alpha value is -7.38. The Balaban J connectivity index is 0.000000202. The summed E-state index contributed by atoms with van der Waals surface area (Å²) < 4.78 is 16.4. The molecule has 0 saturated carbocycles. The van der Waals surface area contributed by atoms with Crippen molar-refractivity contribution in [3.05, 3.63) is 122 Å². The number of anilines is 8. The van der Waals surface area contributed by atoms with Crippen molar-refractivity contribution in [2.45, 2.75) is 77.0 Å². The molecule has 0 bridgehead atoms. The quantitative estimate of drug-likeness (QED) is 0.0775. The number of carbonyl (C=O) groups is 3. The number of likely N-dealkylation sites (tertiary alicyclic amines) is 1. The van der Waals surface area contributed by atoms with E-state index in [0.29, 0.717) is 30.5 Å². The standard InChI is InChI=1S/C31H38N6O4.C26H30N6O2.ClH/c1-30(2,3)41-29(39)37-17-5-15-31(37,4)27(38)33-23-8-6-22(7-9-23)26-14-16-32-28(35-26)34-24-10-12-25(13-11-24)36-18-20-40-21-19-36;1-26(12-2-13-28-26)24(33)29-20-5-3-19(4-6-20)23-11-14-27-25(31-23)30-21-7-9-22(10-8-21)32-15-17-34-18-16-32;/h6-14,16H,5,15,17-21H2,1-4H3,(H,33,38)(H,32,34,35);3-11,14,28H,2,12-13,15-18H2,1H3,(H,29,33)(H,27,30,31);1H. The lowest BCUT2D eigenvalue weighted by atomic mass is 9.97. The molecular weight excluding hydrogens is 984 g/mol. The fourth-order valence-electron chi connectivity index (χ4n) is 9.45. The second kappa shape index (κ2) is 24.5. The highest BCUT2D eigenvalue weighted by atomic mass is 35.5. The molecule has 0 aliphatic carbocycles. The van der Waals surface area contributed by atoms with Crippen molar-refractivity contribution in [3.8, 4) is 22.5 Å². The van der Waals surface area contributed by atoms with Crippen molar-refractivity contribution in [2.24, 2.45) is 0 Å². The van der Waals surface area contributed by atoms with Gasteiger partial charge in [0.25, 0.3) is 0 Å². The Bertz CT molecular complexity index is 2890. The van der Waals surface area contributed by atoms with E-state index in [9.17, 15) is 14.4 Å². The number of nitrogens with zero attached hydrogens (tertiary/aromatic N) is 7. The van der Waals surface area contributed by atoms with E-state index < -0.39 is 22.8 Å². The number of rotatable bonds is 12. The first-order chi connectivity index (χ1) is 36.2. The van der Waals surface area contributed by atoms with Gasteiger partial charge in [-0.25, -0.2) is 24.7 Å². The largest absolute Gasteiger partial charge is 0.444 e. The number of hydrogen-bond donors (Lipinski definition) is 5. The maximum Gasteiger partial charge on any atom is 0.411 e. The minimum Gasteiger partial charge on any atom is -0.444 e. The number of ether oxygens (including phenoxy) is 3. The van der Waals surface area contributed by atoms with Crippen LogP contribution >= 0.6 is 12.4 Å². The fraction of sp³-hybridized carbons (Fsp3) is 0.386. The van der Waals surface area contributed by atoms with E-state index in [4.69, 9.17) is 14.2 Å². The van der Waals surface area contributed by atoms with Gasteiger partial charge in [0.05, 0.1) is 43.4 Å². The Morgan fingerprint density at radius 1 is 0.579 bits per heavy atom. The molecule has 6 heterocycles. The van der Waals surface area contributed by atoms with Crippen LogP contribution in [0.2, 0.25) is 0 Å². The number of halogens is 1. The SMILES string of the molecule is CC(C)(C)OC(=O)N1CCCC1(C)C(=O)Nc1ccc(-c2ccnc(Nc3ccc(N4CCOCC4)cc3)n2)cc1.CC1(C(=O)Nc2ccc(-c3ccnc(Nc4ccc(N5CCOCC5)cc4)n3)cc2)CCCN1.Cl. The molecule has 2 aromatic heterocycles. The third kappa shape index (κ3) is 13.9. The van der Waals surface area contributed by atoms with Crippen molar-refractivity contribution in [1.82, 2.24) is 30.2 Å². The predicted octanol–water partition coefficient (Wildman–Crippen LogP) is 9.68. The number of nitrogens with one attached hydrogen (secondary N) is 5. The molecule has 400 valence electrons. The first-order valence-electron chi connectivity index (χ1n) is 25.8. The zero-order chi connectivity index (χ0) is 52.4. The summed E-state index contributed by atoms with van der Waals surface area (Å²) in [6, 6.07) is 35.4. The normalized spacial score (nSPS) is 19.4. The van der Waals surface area contributed by atoms with Gasteiger partial charge in [-0.2, -0.15) is 0 Å². The van der Waals surface area contributed by atoms with Crippen LogP contribution in [0.5, 0.6) is 0 Å². The Kier molecular flexibility index (Phi) is 17.7. The molecule has 4 aliphatic heterocycles. The van der Waals surface area contributed by atoms with E-state index >= 15 is 0 Å². The van der Waals surface area contributed by atoms with Gasteiger partial charge in [-0.05, 0) is 152 Å². The smallest absolute Gasteiger partial charge is 0.411 e. The maximum absolute atomic E-state index is 13.3. The lowest BCUT2D eigenvalue weighted by Crippen LogP contribution is -2.54. The fourth-order valence-corrected chi connectivity index (χ4v) is 9.45. The summed E-state index contributed by atoms with van der Waals surface area (Å²) >= 11 is 0. The van der Waals surface area contributed by atoms with Crippen LogP contribution in [0.25, 0.3) is 22.5 Å². The predicted molar refractivity (Wildman–Crippen MR) is 301 cm³/mol. The average Bonchev–Trinajstić information content (AvgIpc) is 4.07. The van der Waals surface area contributed by atoms with Gasteiger partial charge in [0.1, 0.15) is 11.1 Å². The molecule has 4 fully saturated rings. The van der Waals surface area contributed by atoms with Crippen LogP contribution in [0.3, 0.4) is 0 Å². The van der Waals surface area contributed by atoms with Gasteiger partial charge in [-0.3, -0.25) is 14.5 Å². The van der Waals surface area contributed by atoms with Crippen molar-refractivity contribution < 1.29 is 28.6 Å². The highest BCUT2D eigenvalue weighted by Gasteiger charge is 2.47. The minimum absolute atomic E-state index is 0. The summed E-state index contributed by atoms with van der Waals surface area (Å²) in [5, 5.41) is 15.9. The van der Waals surface area contributed by atoms with Gasteiger partial charge >= 0.3 is 6.09 Å². The zero-order valence-electron chi connectivity index (χ0n) is 43.9. The first-order valence-corrected chi connectivity index (χ1v) is 25.8. The first kappa shape index (κ1) is 54.9. The van der Waals surface area contributed by atoms with E-state index in [1.807, 2.05) is 113 Å². The summed E-state index contributed by atoms with van der Waals surface area (Å²) in [6.45, 7) is 17.2. The van der Waals surface area contributed by atoms with Crippen molar-refractivity contribution in [3.63, 3.8) is 0 Å². The summed E-state index contributed by atoms with van der Waals surface area (Å²) in [5.41, 5.74) is 6.91. The number of morpholine rings is 2. The van der Waals surface area contributed by atoms with Crippen LogP contribution in [0.1, 0.15) is 60.3 Å². The molecule has 4 aliphatic rings. The summed E-state index contributed by atoms with van der Waals surface area (Å²) in [5.74, 6) is 0.803. The second-order valence-corrected chi connectivity index (χ2v) is 20.5. The molecule has 19 heteroatoms. The molecule has 3 amide bonds. The molecule has 18 nitrogen and oxygen atoms in total. The number of amides is 3. The molecule has 2 atom stereocenters. The van der Waals surface area contributed by atoms with Crippen LogP contribution in [-0.2, 0) is 23.8 Å². The van der Waals surface area contributed by atoms with Gasteiger partial charge in [0.15, 0.2) is 0 Å². The number of aromatic nitrogens is 4. The Morgan fingerprint density at radius 3 is 1.46 bits per heavy atom. The van der Waals surface area contributed by atoms with Gasteiger partial charge < -0.3 is 50.6 Å². The van der Waals surface area contributed by atoms with E-state index in [-0.39, 0.29) is 24.2 Å². The Morgan fingerprint density at radius 2 is 1.03 bits per heavy atom. The van der Waals surface area contributed by atoms with Crippen molar-refractivity contribution >= 4 is 76.3 Å². The highest BCUT2D eigenvalue weighted by molar-refractivity contribution is 6.00. The van der Waals surface area contributed by atoms with Crippen LogP contribution in [0.4, 0.5) is 50.8 Å². The van der Waals surface area contributed by atoms with Crippen LogP contribution in [0, 0.1) is 0 Å². The molecule has 4 aromatic carbocycles. The number of hydrogen-bond acceptors (Lipinski definition) is 15.